The van der Waals surface area contributed by atoms with Crippen molar-refractivity contribution in [2.24, 2.45) is 0 Å². The number of ether oxygens (including phenoxy) is 1. The minimum Gasteiger partial charge on any atom is -0.456 e. The summed E-state index contributed by atoms with van der Waals surface area (Å²) in [7, 11) is 0. The summed E-state index contributed by atoms with van der Waals surface area (Å²) in [4.78, 5) is 11.5. The van der Waals surface area contributed by atoms with Gasteiger partial charge < -0.3 is 4.74 Å². The van der Waals surface area contributed by atoms with Crippen molar-refractivity contribution in [3.63, 3.8) is 0 Å². The van der Waals surface area contributed by atoms with Gasteiger partial charge in [0, 0.05) is 6.08 Å². The van der Waals surface area contributed by atoms with Gasteiger partial charge in [0.2, 0.25) is 0 Å². The van der Waals surface area contributed by atoms with Crippen LogP contribution in [-0.2, 0) is 9.53 Å². The zero-order chi connectivity index (χ0) is 12.6. The first kappa shape index (κ1) is 14.3. The smallest absolute Gasteiger partial charge is 0.330 e. The van der Waals surface area contributed by atoms with Crippen molar-refractivity contribution in [2.45, 2.75) is 76.7 Å². The largest absolute Gasteiger partial charge is 0.456 e. The van der Waals surface area contributed by atoms with Crippen molar-refractivity contribution in [1.29, 1.82) is 0 Å². The Labute approximate surface area is 105 Å². The topological polar surface area (TPSA) is 26.3 Å². The molecule has 2 heteroatoms. The average Bonchev–Trinajstić information content (AvgIpc) is 2.31. The van der Waals surface area contributed by atoms with Gasteiger partial charge in [-0.1, -0.05) is 39.2 Å². The van der Waals surface area contributed by atoms with Gasteiger partial charge in [0.1, 0.15) is 5.60 Å². The van der Waals surface area contributed by atoms with Gasteiger partial charge in [-0.05, 0) is 38.5 Å². The maximum Gasteiger partial charge on any atom is 0.330 e. The first-order chi connectivity index (χ1) is 8.22. The van der Waals surface area contributed by atoms with Gasteiger partial charge in [0.05, 0.1) is 0 Å². The molecular weight excluding hydrogens is 212 g/mol. The molecule has 0 saturated heterocycles. The lowest BCUT2D eigenvalue weighted by atomic mass is 9.83. The second-order valence-electron chi connectivity index (χ2n) is 5.18. The van der Waals surface area contributed by atoms with Gasteiger partial charge in [-0.15, -0.1) is 0 Å². The van der Waals surface area contributed by atoms with Crippen molar-refractivity contribution < 1.29 is 9.53 Å². The van der Waals surface area contributed by atoms with Crippen LogP contribution in [0.15, 0.2) is 12.7 Å². The van der Waals surface area contributed by atoms with Crippen molar-refractivity contribution in [1.82, 2.24) is 0 Å². The minimum atomic E-state index is -0.248. The Hall–Kier alpha value is -0.790. The normalized spacial score (nSPS) is 20.1. The number of unbranched alkanes of at least 4 members (excludes halogenated alkanes) is 1. The second-order valence-corrected chi connectivity index (χ2v) is 5.18. The molecule has 1 aliphatic carbocycles. The molecule has 0 radical (unpaired) electrons. The fraction of sp³-hybridized carbons (Fsp3) is 0.800. The van der Waals surface area contributed by atoms with Crippen LogP contribution < -0.4 is 0 Å². The summed E-state index contributed by atoms with van der Waals surface area (Å²) >= 11 is 0. The van der Waals surface area contributed by atoms with E-state index < -0.39 is 0 Å². The number of rotatable bonds is 5. The van der Waals surface area contributed by atoms with Crippen molar-refractivity contribution >= 4 is 5.97 Å². The molecule has 0 spiro atoms. The highest BCUT2D eigenvalue weighted by atomic mass is 16.6. The molecule has 0 aliphatic heterocycles. The third-order valence-electron chi connectivity index (χ3n) is 3.73. The van der Waals surface area contributed by atoms with Crippen molar-refractivity contribution in [3.05, 3.63) is 12.7 Å². The summed E-state index contributed by atoms with van der Waals surface area (Å²) in [5, 5.41) is 0. The van der Waals surface area contributed by atoms with Crippen LogP contribution >= 0.6 is 0 Å². The van der Waals surface area contributed by atoms with E-state index >= 15 is 0 Å². The lowest BCUT2D eigenvalue weighted by Gasteiger charge is -2.35. The number of hydrogen-bond acceptors (Lipinski definition) is 2. The molecule has 0 unspecified atom stereocenters. The summed E-state index contributed by atoms with van der Waals surface area (Å²) in [6.07, 6.45) is 13.0. The van der Waals surface area contributed by atoms with Crippen LogP contribution in [0.5, 0.6) is 0 Å². The van der Waals surface area contributed by atoms with Crippen LogP contribution in [0.25, 0.3) is 0 Å². The summed E-state index contributed by atoms with van der Waals surface area (Å²) in [6, 6.07) is 0. The molecule has 1 fully saturated rings. The predicted molar refractivity (Wildman–Crippen MR) is 70.9 cm³/mol. The third kappa shape index (κ3) is 4.93. The highest BCUT2D eigenvalue weighted by Gasteiger charge is 2.32. The molecule has 0 aromatic heterocycles. The minimum absolute atomic E-state index is 0.193. The number of carbonyl (C=O) groups is 1. The molecule has 0 aromatic carbocycles. The van der Waals surface area contributed by atoms with E-state index in [1.54, 1.807) is 0 Å². The van der Waals surface area contributed by atoms with Gasteiger partial charge in [0.25, 0.3) is 0 Å². The molecule has 0 N–H and O–H groups in total. The van der Waals surface area contributed by atoms with Gasteiger partial charge in [-0.2, -0.15) is 0 Å². The van der Waals surface area contributed by atoms with Crippen LogP contribution in [0.2, 0.25) is 0 Å². The van der Waals surface area contributed by atoms with E-state index in [9.17, 15) is 4.79 Å². The molecular formula is C15H26O2. The molecule has 0 heterocycles. The van der Waals surface area contributed by atoms with E-state index in [2.05, 4.69) is 13.5 Å². The Kier molecular flexibility index (Phi) is 6.31. The molecule has 1 saturated carbocycles. The van der Waals surface area contributed by atoms with Gasteiger partial charge >= 0.3 is 5.97 Å². The monoisotopic (exact) mass is 238 g/mol. The highest BCUT2D eigenvalue weighted by molar-refractivity contribution is 5.81. The highest BCUT2D eigenvalue weighted by Crippen LogP contribution is 2.34. The van der Waals surface area contributed by atoms with E-state index in [0.717, 1.165) is 32.1 Å². The second kappa shape index (κ2) is 7.52. The molecule has 0 aromatic rings. The fourth-order valence-electron chi connectivity index (χ4n) is 2.71. The molecule has 0 amide bonds. The van der Waals surface area contributed by atoms with Crippen LogP contribution in [-0.4, -0.2) is 11.6 Å². The number of carbonyl (C=O) groups excluding carboxylic acids is 1. The Morgan fingerprint density at radius 2 is 1.82 bits per heavy atom. The summed E-state index contributed by atoms with van der Waals surface area (Å²) in [5.41, 5.74) is -0.193. The quantitative estimate of drug-likeness (QED) is 0.524. The first-order valence-electron chi connectivity index (χ1n) is 7.08. The lowest BCUT2D eigenvalue weighted by molar-refractivity contribution is -0.157. The molecule has 98 valence electrons. The van der Waals surface area contributed by atoms with E-state index in [4.69, 9.17) is 4.74 Å². The molecule has 2 nitrogen and oxygen atoms in total. The van der Waals surface area contributed by atoms with E-state index in [-0.39, 0.29) is 11.6 Å². The van der Waals surface area contributed by atoms with E-state index in [1.807, 2.05) is 0 Å². The number of hydrogen-bond donors (Lipinski definition) is 0. The maximum atomic E-state index is 11.5. The first-order valence-corrected chi connectivity index (χ1v) is 7.08. The zero-order valence-corrected chi connectivity index (χ0v) is 11.2. The fourth-order valence-corrected chi connectivity index (χ4v) is 2.71. The number of esters is 1. The van der Waals surface area contributed by atoms with E-state index in [0.29, 0.717) is 0 Å². The predicted octanol–water partition coefficient (Wildman–Crippen LogP) is 4.39. The van der Waals surface area contributed by atoms with Crippen molar-refractivity contribution in [3.8, 4) is 0 Å². The Bertz CT molecular complexity index is 232. The van der Waals surface area contributed by atoms with Gasteiger partial charge in [0.15, 0.2) is 0 Å². The summed E-state index contributed by atoms with van der Waals surface area (Å²) in [6.45, 7) is 5.69. The average molecular weight is 238 g/mol. The molecule has 17 heavy (non-hydrogen) atoms. The van der Waals surface area contributed by atoms with Crippen molar-refractivity contribution in [2.75, 3.05) is 0 Å². The SMILES string of the molecule is C=CC(=O)OC1(CCCC)CCCCCCC1. The van der Waals surface area contributed by atoms with Crippen LogP contribution in [0.3, 0.4) is 0 Å². The Balaban J connectivity index is 2.65. The molecule has 0 bridgehead atoms. The Morgan fingerprint density at radius 1 is 1.24 bits per heavy atom. The molecule has 1 aliphatic rings. The maximum absolute atomic E-state index is 11.5. The third-order valence-corrected chi connectivity index (χ3v) is 3.73. The van der Waals surface area contributed by atoms with Gasteiger partial charge in [-0.3, -0.25) is 0 Å². The van der Waals surface area contributed by atoms with Crippen LogP contribution in [0, 0.1) is 0 Å². The summed E-state index contributed by atoms with van der Waals surface area (Å²) < 4.78 is 5.71. The van der Waals surface area contributed by atoms with Crippen LogP contribution in [0.1, 0.15) is 71.1 Å². The molecule has 0 atom stereocenters. The van der Waals surface area contributed by atoms with E-state index in [1.165, 1.54) is 38.2 Å². The lowest BCUT2D eigenvalue weighted by Crippen LogP contribution is -2.35. The Morgan fingerprint density at radius 3 is 2.35 bits per heavy atom. The summed E-state index contributed by atoms with van der Waals surface area (Å²) in [5.74, 6) is -0.248. The molecule has 1 rings (SSSR count). The van der Waals surface area contributed by atoms with Crippen LogP contribution in [0.4, 0.5) is 0 Å². The zero-order valence-electron chi connectivity index (χ0n) is 11.2. The van der Waals surface area contributed by atoms with Gasteiger partial charge in [-0.25, -0.2) is 4.79 Å². The standard InChI is InChI=1S/C15H26O2/c1-3-5-11-15(17-14(16)4-2)12-9-7-6-8-10-13-15/h4H,2-3,5-13H2,1H3.